The number of hydrogen-bond acceptors (Lipinski definition) is 6. The van der Waals surface area contributed by atoms with E-state index in [9.17, 15) is 4.79 Å². The van der Waals surface area contributed by atoms with Gasteiger partial charge in [-0.3, -0.25) is 0 Å². The van der Waals surface area contributed by atoms with Gasteiger partial charge in [-0.05, 0) is 5.56 Å². The first-order chi connectivity index (χ1) is 11.6. The summed E-state index contributed by atoms with van der Waals surface area (Å²) in [7, 11) is 0. The molecule has 3 rings (SSSR count). The molecule has 1 amide bonds. The first-order valence-corrected chi connectivity index (χ1v) is 8.00. The first-order valence-electron chi connectivity index (χ1n) is 7.63. The van der Waals surface area contributed by atoms with Crippen molar-refractivity contribution in [3.63, 3.8) is 0 Å². The van der Waals surface area contributed by atoms with Crippen LogP contribution < -0.4 is 10.6 Å². The molecule has 1 saturated heterocycles. The summed E-state index contributed by atoms with van der Waals surface area (Å²) in [6.45, 7) is 2.63. The maximum absolute atomic E-state index is 12.2. The molecule has 0 unspecified atom stereocenters. The van der Waals surface area contributed by atoms with E-state index in [0.717, 1.165) is 11.3 Å². The number of nitrogen functional groups attached to an aromatic ring is 1. The molecule has 1 aromatic heterocycles. The van der Waals surface area contributed by atoms with E-state index in [0.29, 0.717) is 37.1 Å². The molecular formula is C16H18ClN5O2. The predicted octanol–water partition coefficient (Wildman–Crippen LogP) is 2.17. The Kier molecular flexibility index (Phi) is 5.00. The van der Waals surface area contributed by atoms with Crippen LogP contribution in [0.4, 0.5) is 16.3 Å². The molecule has 24 heavy (non-hydrogen) atoms. The number of benzene rings is 1. The summed E-state index contributed by atoms with van der Waals surface area (Å²) in [4.78, 5) is 15.9. The topological polar surface area (TPSA) is 84.6 Å². The van der Waals surface area contributed by atoms with Crippen molar-refractivity contribution in [2.24, 2.45) is 0 Å². The number of amides is 1. The lowest BCUT2D eigenvalue weighted by atomic mass is 10.2. The molecule has 2 aromatic rings. The Bertz CT molecular complexity index is 705. The zero-order chi connectivity index (χ0) is 16.9. The zero-order valence-corrected chi connectivity index (χ0v) is 13.8. The van der Waals surface area contributed by atoms with E-state index in [2.05, 4.69) is 10.2 Å². The van der Waals surface area contributed by atoms with Crippen molar-refractivity contribution >= 4 is 29.2 Å². The average molecular weight is 348 g/mol. The molecule has 1 fully saturated rings. The lowest BCUT2D eigenvalue weighted by Crippen LogP contribution is -2.49. The van der Waals surface area contributed by atoms with E-state index in [4.69, 9.17) is 22.1 Å². The molecule has 8 heteroatoms. The molecule has 1 aliphatic rings. The molecule has 2 N–H and O–H groups in total. The zero-order valence-electron chi connectivity index (χ0n) is 13.1. The maximum atomic E-state index is 12.2. The molecule has 1 aliphatic heterocycles. The molecule has 0 saturated carbocycles. The Morgan fingerprint density at radius 3 is 2.58 bits per heavy atom. The number of anilines is 2. The van der Waals surface area contributed by atoms with E-state index < -0.39 is 0 Å². The summed E-state index contributed by atoms with van der Waals surface area (Å²) >= 11 is 5.87. The highest BCUT2D eigenvalue weighted by Gasteiger charge is 2.24. The van der Waals surface area contributed by atoms with Crippen LogP contribution in [0.3, 0.4) is 0 Å². The van der Waals surface area contributed by atoms with Crippen LogP contribution in [-0.2, 0) is 11.3 Å². The third-order valence-corrected chi connectivity index (χ3v) is 4.04. The average Bonchev–Trinajstić information content (AvgIpc) is 2.63. The third-order valence-electron chi connectivity index (χ3n) is 3.86. The van der Waals surface area contributed by atoms with Gasteiger partial charge in [-0.1, -0.05) is 41.9 Å². The van der Waals surface area contributed by atoms with E-state index in [1.165, 1.54) is 0 Å². The minimum Gasteiger partial charge on any atom is -0.445 e. The summed E-state index contributed by atoms with van der Waals surface area (Å²) in [5.74, 6) is 0.333. The van der Waals surface area contributed by atoms with Crippen LogP contribution in [0.15, 0.2) is 36.4 Å². The predicted molar refractivity (Wildman–Crippen MR) is 91.9 cm³/mol. The summed E-state index contributed by atoms with van der Waals surface area (Å²) in [5, 5.41) is 7.82. The number of carbonyl (C=O) groups excluding carboxylic acids is 1. The summed E-state index contributed by atoms with van der Waals surface area (Å²) in [6, 6.07) is 11.3. The van der Waals surface area contributed by atoms with Gasteiger partial charge in [0, 0.05) is 32.2 Å². The van der Waals surface area contributed by atoms with Gasteiger partial charge < -0.3 is 20.3 Å². The quantitative estimate of drug-likeness (QED) is 0.916. The van der Waals surface area contributed by atoms with Gasteiger partial charge in [-0.2, -0.15) is 0 Å². The van der Waals surface area contributed by atoms with E-state index in [-0.39, 0.29) is 12.7 Å². The smallest absolute Gasteiger partial charge is 0.410 e. The van der Waals surface area contributed by atoms with Crippen LogP contribution in [0.25, 0.3) is 0 Å². The van der Waals surface area contributed by atoms with Crippen molar-refractivity contribution in [2.75, 3.05) is 36.8 Å². The van der Waals surface area contributed by atoms with E-state index in [1.54, 1.807) is 11.0 Å². The Balaban J connectivity index is 1.53. The monoisotopic (exact) mass is 347 g/mol. The van der Waals surface area contributed by atoms with Crippen LogP contribution in [0.2, 0.25) is 5.15 Å². The fourth-order valence-corrected chi connectivity index (χ4v) is 2.70. The first kappa shape index (κ1) is 16.3. The number of nitrogens with zero attached hydrogens (tertiary/aromatic N) is 4. The number of piperazine rings is 1. The standard InChI is InChI=1S/C16H18ClN5O2/c17-14-10-13(15(18)20-19-14)21-6-8-22(9-7-21)16(23)24-11-12-4-2-1-3-5-12/h1-5,10H,6-9,11H2,(H2,18,20). The van der Waals surface area contributed by atoms with Crippen LogP contribution in [0.5, 0.6) is 0 Å². The third kappa shape index (κ3) is 3.86. The van der Waals surface area contributed by atoms with Gasteiger partial charge in [0.2, 0.25) is 0 Å². The molecule has 0 radical (unpaired) electrons. The molecule has 1 aromatic carbocycles. The number of halogens is 1. The van der Waals surface area contributed by atoms with Gasteiger partial charge in [0.05, 0.1) is 5.69 Å². The van der Waals surface area contributed by atoms with Crippen molar-refractivity contribution in [1.82, 2.24) is 15.1 Å². The fraction of sp³-hybridized carbons (Fsp3) is 0.312. The number of ether oxygens (including phenoxy) is 1. The highest BCUT2D eigenvalue weighted by atomic mass is 35.5. The van der Waals surface area contributed by atoms with Gasteiger partial charge in [-0.15, -0.1) is 10.2 Å². The maximum Gasteiger partial charge on any atom is 0.410 e. The number of carbonyl (C=O) groups is 1. The Morgan fingerprint density at radius 1 is 1.17 bits per heavy atom. The molecule has 0 atom stereocenters. The largest absolute Gasteiger partial charge is 0.445 e. The lowest BCUT2D eigenvalue weighted by Gasteiger charge is -2.35. The second-order valence-corrected chi connectivity index (χ2v) is 5.84. The minimum absolute atomic E-state index is 0.275. The van der Waals surface area contributed by atoms with Crippen LogP contribution >= 0.6 is 11.6 Å². The van der Waals surface area contributed by atoms with Gasteiger partial charge >= 0.3 is 6.09 Å². The van der Waals surface area contributed by atoms with E-state index in [1.807, 2.05) is 35.2 Å². The molecule has 0 bridgehead atoms. The SMILES string of the molecule is Nc1nnc(Cl)cc1N1CCN(C(=O)OCc2ccccc2)CC1. The molecule has 0 spiro atoms. The summed E-state index contributed by atoms with van der Waals surface area (Å²) in [5.41, 5.74) is 7.56. The number of aromatic nitrogens is 2. The molecule has 7 nitrogen and oxygen atoms in total. The Labute approximate surface area is 145 Å². The van der Waals surface area contributed by atoms with Crippen molar-refractivity contribution < 1.29 is 9.53 Å². The van der Waals surface area contributed by atoms with Crippen molar-refractivity contribution in [1.29, 1.82) is 0 Å². The molecule has 2 heterocycles. The number of rotatable bonds is 3. The van der Waals surface area contributed by atoms with Crippen LogP contribution in [-0.4, -0.2) is 47.4 Å². The second kappa shape index (κ2) is 7.35. The Hall–Kier alpha value is -2.54. The van der Waals surface area contributed by atoms with Crippen LogP contribution in [0.1, 0.15) is 5.56 Å². The minimum atomic E-state index is -0.308. The molecular weight excluding hydrogens is 330 g/mol. The summed E-state index contributed by atoms with van der Waals surface area (Å²) < 4.78 is 5.35. The van der Waals surface area contributed by atoms with Gasteiger partial charge in [0.1, 0.15) is 6.61 Å². The fourth-order valence-electron chi connectivity index (χ4n) is 2.56. The number of hydrogen-bond donors (Lipinski definition) is 1. The highest BCUT2D eigenvalue weighted by Crippen LogP contribution is 2.24. The molecule has 0 aliphatic carbocycles. The number of nitrogens with two attached hydrogens (primary N) is 1. The normalized spacial score (nSPS) is 14.5. The highest BCUT2D eigenvalue weighted by molar-refractivity contribution is 6.29. The van der Waals surface area contributed by atoms with Crippen molar-refractivity contribution in [3.05, 3.63) is 47.1 Å². The van der Waals surface area contributed by atoms with Crippen LogP contribution in [0, 0.1) is 0 Å². The van der Waals surface area contributed by atoms with Gasteiger partial charge in [0.25, 0.3) is 0 Å². The van der Waals surface area contributed by atoms with Gasteiger partial charge in [0.15, 0.2) is 11.0 Å². The van der Waals surface area contributed by atoms with E-state index >= 15 is 0 Å². The second-order valence-electron chi connectivity index (χ2n) is 5.45. The summed E-state index contributed by atoms with van der Waals surface area (Å²) in [6.07, 6.45) is -0.308. The lowest BCUT2D eigenvalue weighted by molar-refractivity contribution is 0.0942. The van der Waals surface area contributed by atoms with Crippen molar-refractivity contribution in [2.45, 2.75) is 6.61 Å². The Morgan fingerprint density at radius 2 is 1.88 bits per heavy atom. The van der Waals surface area contributed by atoms with Crippen molar-refractivity contribution in [3.8, 4) is 0 Å². The molecule has 126 valence electrons. The van der Waals surface area contributed by atoms with Gasteiger partial charge in [-0.25, -0.2) is 4.79 Å².